The fourth-order valence-electron chi connectivity index (χ4n) is 3.04. The Morgan fingerprint density at radius 1 is 1.25 bits per heavy atom. The van der Waals surface area contributed by atoms with Gasteiger partial charge in [-0.2, -0.15) is 0 Å². The van der Waals surface area contributed by atoms with Gasteiger partial charge in [0.05, 0.1) is 6.42 Å². The first-order valence-electron chi connectivity index (χ1n) is 7.56. The van der Waals surface area contributed by atoms with Gasteiger partial charge < -0.3 is 10.0 Å². The van der Waals surface area contributed by atoms with Crippen LogP contribution in [-0.2, 0) is 4.79 Å². The van der Waals surface area contributed by atoms with Gasteiger partial charge in [-0.1, -0.05) is 32.9 Å². The minimum absolute atomic E-state index is 0.0725. The summed E-state index contributed by atoms with van der Waals surface area (Å²) >= 11 is 0. The summed E-state index contributed by atoms with van der Waals surface area (Å²) in [4.78, 5) is 13.2. The van der Waals surface area contributed by atoms with Crippen molar-refractivity contribution < 1.29 is 9.90 Å². The molecule has 0 aromatic heterocycles. The largest absolute Gasteiger partial charge is 0.481 e. The fraction of sp³-hybridized carbons (Fsp3) is 0.588. The molecular weight excluding hydrogens is 250 g/mol. The van der Waals surface area contributed by atoms with Gasteiger partial charge in [0, 0.05) is 24.2 Å². The number of anilines is 1. The molecule has 0 aliphatic carbocycles. The number of carboxylic acids is 1. The molecule has 1 aromatic carbocycles. The molecule has 1 aromatic rings. The average molecular weight is 275 g/mol. The molecule has 1 aliphatic rings. The van der Waals surface area contributed by atoms with Crippen LogP contribution in [0.5, 0.6) is 0 Å². The third kappa shape index (κ3) is 2.97. The SMILES string of the molecule is CCC1(CC)CN(c2ccc(C(C)CC(=O)O)cc2)C1. The van der Waals surface area contributed by atoms with Gasteiger partial charge in [0.2, 0.25) is 0 Å². The molecule has 0 amide bonds. The summed E-state index contributed by atoms with van der Waals surface area (Å²) in [5, 5.41) is 8.84. The number of hydrogen-bond acceptors (Lipinski definition) is 2. The van der Waals surface area contributed by atoms with E-state index in [1.807, 2.05) is 6.92 Å². The maximum absolute atomic E-state index is 10.7. The first-order valence-corrected chi connectivity index (χ1v) is 7.56. The van der Waals surface area contributed by atoms with Crippen molar-refractivity contribution in [3.8, 4) is 0 Å². The van der Waals surface area contributed by atoms with E-state index in [2.05, 4.69) is 43.0 Å². The van der Waals surface area contributed by atoms with Crippen molar-refractivity contribution in [2.45, 2.75) is 46.0 Å². The van der Waals surface area contributed by atoms with E-state index < -0.39 is 5.97 Å². The molecule has 1 saturated heterocycles. The summed E-state index contributed by atoms with van der Waals surface area (Å²) < 4.78 is 0. The Bertz CT molecular complexity index is 454. The Hall–Kier alpha value is -1.51. The monoisotopic (exact) mass is 275 g/mol. The van der Waals surface area contributed by atoms with Crippen molar-refractivity contribution in [1.82, 2.24) is 0 Å². The lowest BCUT2D eigenvalue weighted by atomic mass is 9.75. The molecule has 1 unspecified atom stereocenters. The van der Waals surface area contributed by atoms with Crippen molar-refractivity contribution >= 4 is 11.7 Å². The molecule has 2 rings (SSSR count). The van der Waals surface area contributed by atoms with Crippen molar-refractivity contribution in [3.63, 3.8) is 0 Å². The summed E-state index contributed by atoms with van der Waals surface area (Å²) in [6.45, 7) is 8.80. The number of benzene rings is 1. The Morgan fingerprint density at radius 3 is 2.25 bits per heavy atom. The number of nitrogens with zero attached hydrogens (tertiary/aromatic N) is 1. The van der Waals surface area contributed by atoms with E-state index in [1.165, 1.54) is 18.5 Å². The molecule has 1 N–H and O–H groups in total. The Labute approximate surface area is 121 Å². The molecule has 1 aliphatic heterocycles. The zero-order valence-corrected chi connectivity index (χ0v) is 12.7. The number of rotatable bonds is 6. The maximum atomic E-state index is 10.7. The smallest absolute Gasteiger partial charge is 0.303 e. The molecule has 0 radical (unpaired) electrons. The summed E-state index contributed by atoms with van der Waals surface area (Å²) in [7, 11) is 0. The Balaban J connectivity index is 1.98. The van der Waals surface area contributed by atoms with Crippen molar-refractivity contribution in [1.29, 1.82) is 0 Å². The predicted octanol–water partition coefficient (Wildman–Crippen LogP) is 3.89. The predicted molar refractivity (Wildman–Crippen MR) is 82.3 cm³/mol. The Kier molecular flexibility index (Phi) is 4.36. The highest BCUT2D eigenvalue weighted by atomic mass is 16.4. The van der Waals surface area contributed by atoms with E-state index in [0.29, 0.717) is 5.41 Å². The van der Waals surface area contributed by atoms with Crippen molar-refractivity contribution in [2.75, 3.05) is 18.0 Å². The van der Waals surface area contributed by atoms with Crippen LogP contribution in [0.4, 0.5) is 5.69 Å². The van der Waals surface area contributed by atoms with Crippen LogP contribution >= 0.6 is 0 Å². The standard InChI is InChI=1S/C17H25NO2/c1-4-17(5-2)11-18(12-17)15-8-6-14(7-9-15)13(3)10-16(19)20/h6-9,13H,4-5,10-12H2,1-3H3,(H,19,20). The molecule has 0 saturated carbocycles. The second kappa shape index (κ2) is 5.86. The molecule has 1 atom stereocenters. The molecule has 1 fully saturated rings. The lowest BCUT2D eigenvalue weighted by molar-refractivity contribution is -0.137. The second-order valence-corrected chi connectivity index (χ2v) is 6.15. The number of aliphatic carboxylic acids is 1. The molecule has 3 heteroatoms. The normalized spacial score (nSPS) is 18.4. The van der Waals surface area contributed by atoms with Gasteiger partial charge >= 0.3 is 5.97 Å². The highest BCUT2D eigenvalue weighted by molar-refractivity contribution is 5.68. The quantitative estimate of drug-likeness (QED) is 0.856. The minimum Gasteiger partial charge on any atom is -0.481 e. The topological polar surface area (TPSA) is 40.5 Å². The van der Waals surface area contributed by atoms with Crippen molar-refractivity contribution in [2.24, 2.45) is 5.41 Å². The minimum atomic E-state index is -0.736. The summed E-state index contributed by atoms with van der Waals surface area (Å²) in [6, 6.07) is 8.40. The van der Waals surface area contributed by atoms with Crippen LogP contribution in [0.15, 0.2) is 24.3 Å². The average Bonchev–Trinajstić information content (AvgIpc) is 2.38. The molecule has 0 bridgehead atoms. The van der Waals surface area contributed by atoms with Gasteiger partial charge in [-0.25, -0.2) is 0 Å². The van der Waals surface area contributed by atoms with Crippen LogP contribution in [0.25, 0.3) is 0 Å². The van der Waals surface area contributed by atoms with E-state index >= 15 is 0 Å². The summed E-state index contributed by atoms with van der Waals surface area (Å²) in [6.07, 6.45) is 2.68. The zero-order chi connectivity index (χ0) is 14.8. The van der Waals surface area contributed by atoms with E-state index in [4.69, 9.17) is 5.11 Å². The number of carboxylic acid groups (broad SMARTS) is 1. The molecule has 20 heavy (non-hydrogen) atoms. The fourth-order valence-corrected chi connectivity index (χ4v) is 3.04. The molecule has 0 spiro atoms. The van der Waals surface area contributed by atoms with Crippen molar-refractivity contribution in [3.05, 3.63) is 29.8 Å². The lowest BCUT2D eigenvalue weighted by Gasteiger charge is -2.51. The van der Waals surface area contributed by atoms with Crippen LogP contribution in [0.2, 0.25) is 0 Å². The zero-order valence-electron chi connectivity index (χ0n) is 12.7. The third-order valence-corrected chi connectivity index (χ3v) is 4.86. The lowest BCUT2D eigenvalue weighted by Crippen LogP contribution is -2.55. The van der Waals surface area contributed by atoms with Crippen LogP contribution in [0.1, 0.15) is 51.5 Å². The number of carbonyl (C=O) groups is 1. The third-order valence-electron chi connectivity index (χ3n) is 4.86. The summed E-state index contributed by atoms with van der Waals surface area (Å²) in [5.74, 6) is -0.664. The van der Waals surface area contributed by atoms with Crippen LogP contribution < -0.4 is 4.90 Å². The molecular formula is C17H25NO2. The summed E-state index contributed by atoms with van der Waals surface area (Å²) in [5.41, 5.74) is 2.87. The molecule has 110 valence electrons. The highest BCUT2D eigenvalue weighted by Crippen LogP contribution is 2.40. The molecule has 3 nitrogen and oxygen atoms in total. The Morgan fingerprint density at radius 2 is 1.80 bits per heavy atom. The van der Waals surface area contributed by atoms with Gasteiger partial charge in [0.15, 0.2) is 0 Å². The number of hydrogen-bond donors (Lipinski definition) is 1. The first-order chi connectivity index (χ1) is 9.49. The van der Waals surface area contributed by atoms with E-state index in [1.54, 1.807) is 0 Å². The van der Waals surface area contributed by atoms with Crippen LogP contribution in [0, 0.1) is 5.41 Å². The second-order valence-electron chi connectivity index (χ2n) is 6.15. The van der Waals surface area contributed by atoms with Gasteiger partial charge in [-0.15, -0.1) is 0 Å². The van der Waals surface area contributed by atoms with Gasteiger partial charge in [0.1, 0.15) is 0 Å². The van der Waals surface area contributed by atoms with Crippen LogP contribution in [-0.4, -0.2) is 24.2 Å². The van der Waals surface area contributed by atoms with Gasteiger partial charge in [0.25, 0.3) is 0 Å². The molecule has 1 heterocycles. The van der Waals surface area contributed by atoms with E-state index in [-0.39, 0.29) is 12.3 Å². The highest BCUT2D eigenvalue weighted by Gasteiger charge is 2.39. The maximum Gasteiger partial charge on any atom is 0.303 e. The first kappa shape index (κ1) is 14.9. The van der Waals surface area contributed by atoms with E-state index in [9.17, 15) is 4.79 Å². The van der Waals surface area contributed by atoms with Gasteiger partial charge in [-0.05, 0) is 36.5 Å². The van der Waals surface area contributed by atoms with E-state index in [0.717, 1.165) is 18.7 Å². The van der Waals surface area contributed by atoms with Crippen LogP contribution in [0.3, 0.4) is 0 Å². The van der Waals surface area contributed by atoms with Gasteiger partial charge in [-0.3, -0.25) is 4.79 Å².